The summed E-state index contributed by atoms with van der Waals surface area (Å²) in [6.45, 7) is 3.73. The van der Waals surface area contributed by atoms with Crippen LogP contribution in [0.5, 0.6) is 0 Å². The molecule has 2 heterocycles. The highest BCUT2D eigenvalue weighted by Crippen LogP contribution is 2.27. The first-order valence-corrected chi connectivity index (χ1v) is 7.31. The number of benzene rings is 1. The van der Waals surface area contributed by atoms with E-state index in [-0.39, 0.29) is 24.7 Å². The van der Waals surface area contributed by atoms with Gasteiger partial charge in [0, 0.05) is 12.0 Å². The second kappa shape index (κ2) is 5.87. The third-order valence-electron chi connectivity index (χ3n) is 3.75. The van der Waals surface area contributed by atoms with Gasteiger partial charge in [0.2, 0.25) is 5.60 Å². The minimum Gasteiger partial charge on any atom is -0.465 e. The van der Waals surface area contributed by atoms with Crippen molar-refractivity contribution >= 4 is 11.6 Å². The topological polar surface area (TPSA) is 63.8 Å². The molecule has 0 saturated carbocycles. The molecule has 1 atom stereocenters. The molecule has 0 unspecified atom stereocenters. The van der Waals surface area contributed by atoms with Crippen molar-refractivity contribution in [2.45, 2.75) is 32.4 Å². The normalized spacial score (nSPS) is 20.0. The van der Waals surface area contributed by atoms with Crippen molar-refractivity contribution in [2.75, 3.05) is 0 Å². The summed E-state index contributed by atoms with van der Waals surface area (Å²) < 4.78 is 19.2. The third kappa shape index (κ3) is 3.11. The smallest absolute Gasteiger partial charge is 0.267 e. The van der Waals surface area contributed by atoms with E-state index in [1.54, 1.807) is 31.2 Å². The second-order valence-electron chi connectivity index (χ2n) is 5.71. The summed E-state index contributed by atoms with van der Waals surface area (Å²) in [5.74, 6) is 0.739. The Morgan fingerprint density at radius 1 is 1.35 bits per heavy atom. The van der Waals surface area contributed by atoms with E-state index < -0.39 is 5.60 Å². The molecular formula is C17H17FN2O3. The predicted molar refractivity (Wildman–Crippen MR) is 82.3 cm³/mol. The van der Waals surface area contributed by atoms with Gasteiger partial charge in [-0.05, 0) is 32.0 Å². The van der Waals surface area contributed by atoms with Crippen LogP contribution in [0.3, 0.4) is 0 Å². The number of rotatable bonds is 4. The molecule has 0 bridgehead atoms. The van der Waals surface area contributed by atoms with Crippen molar-refractivity contribution in [3.8, 4) is 0 Å². The number of halogens is 1. The second-order valence-corrected chi connectivity index (χ2v) is 5.71. The largest absolute Gasteiger partial charge is 0.465 e. The van der Waals surface area contributed by atoms with Gasteiger partial charge in [0.1, 0.15) is 17.3 Å². The number of nitrogens with zero attached hydrogens (tertiary/aromatic N) is 1. The average Bonchev–Trinajstić information content (AvgIpc) is 3.12. The average molecular weight is 316 g/mol. The first-order chi connectivity index (χ1) is 11.0. The fourth-order valence-electron chi connectivity index (χ4n) is 2.44. The number of furan rings is 1. The van der Waals surface area contributed by atoms with Gasteiger partial charge in [0.15, 0.2) is 0 Å². The van der Waals surface area contributed by atoms with Crippen LogP contribution in [0.1, 0.15) is 30.4 Å². The van der Waals surface area contributed by atoms with Crippen LogP contribution in [0.25, 0.3) is 0 Å². The van der Waals surface area contributed by atoms with Crippen molar-refractivity contribution in [1.82, 2.24) is 5.32 Å². The fraction of sp³-hybridized carbons (Fsp3) is 0.294. The summed E-state index contributed by atoms with van der Waals surface area (Å²) in [4.78, 5) is 17.7. The summed E-state index contributed by atoms with van der Waals surface area (Å²) in [6.07, 6.45) is 0.205. The standard InChI is InChI=1S/C17H17FN2O3/c1-11-7-8-12(22-11)10-19-16(21)17(2)9-15(20-23-17)13-5-3-4-6-14(13)18/h3-8H,9-10H2,1-2H3,(H,19,21)/t17-/m0/s1. The quantitative estimate of drug-likeness (QED) is 0.943. The fourth-order valence-corrected chi connectivity index (χ4v) is 2.44. The van der Waals surface area contributed by atoms with Gasteiger partial charge in [-0.2, -0.15) is 0 Å². The van der Waals surface area contributed by atoms with Crippen molar-refractivity contribution in [1.29, 1.82) is 0 Å². The number of amides is 1. The highest BCUT2D eigenvalue weighted by Gasteiger charge is 2.42. The Labute approximate surface area is 133 Å². The Morgan fingerprint density at radius 2 is 2.13 bits per heavy atom. The van der Waals surface area contributed by atoms with E-state index in [1.807, 2.05) is 13.0 Å². The maximum absolute atomic E-state index is 13.8. The summed E-state index contributed by atoms with van der Waals surface area (Å²) in [5, 5.41) is 6.65. The van der Waals surface area contributed by atoms with Crippen LogP contribution in [-0.2, 0) is 16.2 Å². The van der Waals surface area contributed by atoms with Gasteiger partial charge < -0.3 is 14.6 Å². The van der Waals surface area contributed by atoms with Crippen LogP contribution < -0.4 is 5.32 Å². The lowest BCUT2D eigenvalue weighted by Gasteiger charge is -2.20. The lowest BCUT2D eigenvalue weighted by atomic mass is 9.95. The van der Waals surface area contributed by atoms with Gasteiger partial charge in [0.05, 0.1) is 12.3 Å². The highest BCUT2D eigenvalue weighted by atomic mass is 19.1. The molecule has 0 fully saturated rings. The molecule has 6 heteroatoms. The van der Waals surface area contributed by atoms with E-state index in [0.29, 0.717) is 17.0 Å². The zero-order valence-electron chi connectivity index (χ0n) is 12.9. The Balaban J connectivity index is 1.65. The lowest BCUT2D eigenvalue weighted by Crippen LogP contribution is -2.44. The Kier molecular flexibility index (Phi) is 3.90. The molecule has 23 heavy (non-hydrogen) atoms. The Morgan fingerprint density at radius 3 is 2.83 bits per heavy atom. The highest BCUT2D eigenvalue weighted by molar-refractivity contribution is 6.05. The molecule has 1 aromatic heterocycles. The van der Waals surface area contributed by atoms with Crippen molar-refractivity contribution in [2.24, 2.45) is 5.16 Å². The zero-order valence-corrected chi connectivity index (χ0v) is 12.9. The number of carbonyl (C=O) groups excluding carboxylic acids is 1. The van der Waals surface area contributed by atoms with Crippen LogP contribution in [0.2, 0.25) is 0 Å². The van der Waals surface area contributed by atoms with Gasteiger partial charge in [-0.3, -0.25) is 4.79 Å². The van der Waals surface area contributed by atoms with Crippen LogP contribution in [0, 0.1) is 12.7 Å². The van der Waals surface area contributed by atoms with Crippen LogP contribution >= 0.6 is 0 Å². The van der Waals surface area contributed by atoms with Gasteiger partial charge in [0.25, 0.3) is 5.91 Å². The van der Waals surface area contributed by atoms with E-state index >= 15 is 0 Å². The number of carbonyl (C=O) groups is 1. The number of hydrogen-bond acceptors (Lipinski definition) is 4. The first kappa shape index (κ1) is 15.3. The van der Waals surface area contributed by atoms with Crippen LogP contribution in [0.15, 0.2) is 46.0 Å². The van der Waals surface area contributed by atoms with E-state index in [2.05, 4.69) is 10.5 Å². The SMILES string of the molecule is Cc1ccc(CNC(=O)[C@]2(C)CC(c3ccccc3F)=NO2)o1. The van der Waals surface area contributed by atoms with Crippen LogP contribution in [0.4, 0.5) is 4.39 Å². The summed E-state index contributed by atoms with van der Waals surface area (Å²) in [5.41, 5.74) is -0.375. The number of hydrogen-bond donors (Lipinski definition) is 1. The molecule has 1 aromatic carbocycles. The van der Waals surface area contributed by atoms with E-state index in [1.165, 1.54) is 6.07 Å². The summed E-state index contributed by atoms with van der Waals surface area (Å²) in [6, 6.07) is 9.92. The monoisotopic (exact) mass is 316 g/mol. The Bertz CT molecular complexity index is 769. The van der Waals surface area contributed by atoms with Crippen molar-refractivity contribution < 1.29 is 18.4 Å². The molecule has 2 aromatic rings. The molecule has 3 rings (SSSR count). The van der Waals surface area contributed by atoms with E-state index in [4.69, 9.17) is 9.25 Å². The zero-order chi connectivity index (χ0) is 16.4. The molecule has 0 spiro atoms. The molecule has 0 aliphatic carbocycles. The molecule has 0 radical (unpaired) electrons. The van der Waals surface area contributed by atoms with Gasteiger partial charge in [-0.15, -0.1) is 0 Å². The van der Waals surface area contributed by atoms with E-state index in [0.717, 1.165) is 5.76 Å². The molecule has 1 N–H and O–H groups in total. The number of oxime groups is 1. The van der Waals surface area contributed by atoms with Crippen molar-refractivity contribution in [3.05, 3.63) is 59.3 Å². The minimum absolute atomic E-state index is 0.205. The Hall–Kier alpha value is -2.63. The molecule has 0 saturated heterocycles. The maximum Gasteiger partial charge on any atom is 0.267 e. The first-order valence-electron chi connectivity index (χ1n) is 7.31. The summed E-state index contributed by atoms with van der Waals surface area (Å²) in [7, 11) is 0. The molecule has 5 nitrogen and oxygen atoms in total. The lowest BCUT2D eigenvalue weighted by molar-refractivity contribution is -0.142. The molecule has 1 aliphatic heterocycles. The predicted octanol–water partition coefficient (Wildman–Crippen LogP) is 2.93. The molecule has 1 amide bonds. The number of aryl methyl sites for hydroxylation is 1. The minimum atomic E-state index is -1.15. The molecular weight excluding hydrogens is 299 g/mol. The van der Waals surface area contributed by atoms with Gasteiger partial charge in [-0.1, -0.05) is 23.4 Å². The third-order valence-corrected chi connectivity index (χ3v) is 3.75. The van der Waals surface area contributed by atoms with E-state index in [9.17, 15) is 9.18 Å². The van der Waals surface area contributed by atoms with Crippen molar-refractivity contribution in [3.63, 3.8) is 0 Å². The van der Waals surface area contributed by atoms with Gasteiger partial charge in [-0.25, -0.2) is 4.39 Å². The summed E-state index contributed by atoms with van der Waals surface area (Å²) >= 11 is 0. The maximum atomic E-state index is 13.8. The van der Waals surface area contributed by atoms with Crippen LogP contribution in [-0.4, -0.2) is 17.2 Å². The molecule has 1 aliphatic rings. The number of nitrogens with one attached hydrogen (secondary N) is 1. The molecule has 120 valence electrons. The van der Waals surface area contributed by atoms with Gasteiger partial charge >= 0.3 is 0 Å².